The van der Waals surface area contributed by atoms with Crippen molar-refractivity contribution in [3.05, 3.63) is 51.8 Å². The van der Waals surface area contributed by atoms with Gasteiger partial charge < -0.3 is 5.32 Å². The first kappa shape index (κ1) is 11.9. The van der Waals surface area contributed by atoms with Gasteiger partial charge in [0, 0.05) is 20.7 Å². The summed E-state index contributed by atoms with van der Waals surface area (Å²) in [6.45, 7) is 2.63. The minimum absolute atomic E-state index is 0.0671. The summed E-state index contributed by atoms with van der Waals surface area (Å²) in [5, 5.41) is 10.7. The highest BCUT2D eigenvalue weighted by atomic mass is 32.1. The van der Waals surface area contributed by atoms with Crippen molar-refractivity contribution in [1.82, 2.24) is 15.5 Å². The van der Waals surface area contributed by atoms with E-state index in [0.717, 1.165) is 15.8 Å². The van der Waals surface area contributed by atoms with Crippen molar-refractivity contribution in [3.8, 4) is 0 Å². The quantitative estimate of drug-likeness (QED) is 0.769. The van der Waals surface area contributed by atoms with E-state index in [4.69, 9.17) is 0 Å². The van der Waals surface area contributed by atoms with Crippen molar-refractivity contribution in [2.45, 2.75) is 13.5 Å². The highest BCUT2D eigenvalue weighted by Gasteiger charge is 2.07. The number of aryl methyl sites for hydroxylation is 1. The van der Waals surface area contributed by atoms with Gasteiger partial charge in [-0.05, 0) is 31.2 Å². The second kappa shape index (κ2) is 4.85. The van der Waals surface area contributed by atoms with Crippen molar-refractivity contribution >= 4 is 28.1 Å². The molecule has 1 aromatic carbocycles. The number of carbonyl (C=O) groups is 1. The van der Waals surface area contributed by atoms with Gasteiger partial charge in [-0.3, -0.25) is 9.89 Å². The van der Waals surface area contributed by atoms with Crippen LogP contribution in [-0.2, 0) is 6.54 Å². The van der Waals surface area contributed by atoms with E-state index >= 15 is 0 Å². The van der Waals surface area contributed by atoms with Crippen LogP contribution in [0.5, 0.6) is 0 Å². The lowest BCUT2D eigenvalue weighted by Gasteiger charge is -2.03. The Hall–Kier alpha value is -2.14. The van der Waals surface area contributed by atoms with Crippen LogP contribution in [0.25, 0.3) is 10.9 Å². The largest absolute Gasteiger partial charge is 0.347 e. The topological polar surface area (TPSA) is 57.8 Å². The van der Waals surface area contributed by atoms with Crippen molar-refractivity contribution < 1.29 is 4.79 Å². The molecule has 4 nitrogen and oxygen atoms in total. The standard InChI is InChI=1S/C14H13N3OS/c1-9-2-5-12(19-9)8-15-14(18)10-3-4-11-7-16-17-13(11)6-10/h2-7H,8H2,1H3,(H,15,18)(H,16,17). The van der Waals surface area contributed by atoms with Crippen LogP contribution in [0.1, 0.15) is 20.1 Å². The Labute approximate surface area is 114 Å². The van der Waals surface area contributed by atoms with Gasteiger partial charge in [-0.25, -0.2) is 0 Å². The van der Waals surface area contributed by atoms with Crippen molar-refractivity contribution in [2.75, 3.05) is 0 Å². The molecule has 19 heavy (non-hydrogen) atoms. The van der Waals surface area contributed by atoms with Gasteiger partial charge in [-0.1, -0.05) is 6.07 Å². The molecule has 3 aromatic rings. The molecule has 0 saturated heterocycles. The molecule has 0 aliphatic heterocycles. The SMILES string of the molecule is Cc1ccc(CNC(=O)c2ccc3cn[nH]c3c2)s1. The summed E-state index contributed by atoms with van der Waals surface area (Å²) in [5.74, 6) is -0.0671. The van der Waals surface area contributed by atoms with Gasteiger partial charge in [0.15, 0.2) is 0 Å². The normalized spacial score (nSPS) is 10.8. The van der Waals surface area contributed by atoms with Gasteiger partial charge in [0.05, 0.1) is 18.3 Å². The molecule has 0 saturated carbocycles. The zero-order chi connectivity index (χ0) is 13.2. The van der Waals surface area contributed by atoms with E-state index < -0.39 is 0 Å². The number of fused-ring (bicyclic) bond motifs is 1. The Balaban J connectivity index is 1.72. The Morgan fingerprint density at radius 3 is 3.05 bits per heavy atom. The van der Waals surface area contributed by atoms with Gasteiger partial charge in [0.2, 0.25) is 0 Å². The van der Waals surface area contributed by atoms with E-state index in [-0.39, 0.29) is 5.91 Å². The van der Waals surface area contributed by atoms with Crippen LogP contribution in [-0.4, -0.2) is 16.1 Å². The molecule has 0 unspecified atom stereocenters. The lowest BCUT2D eigenvalue weighted by molar-refractivity contribution is 0.0951. The molecule has 0 aliphatic rings. The Morgan fingerprint density at radius 1 is 1.37 bits per heavy atom. The third-order valence-corrected chi connectivity index (χ3v) is 3.92. The lowest BCUT2D eigenvalue weighted by Crippen LogP contribution is -2.22. The summed E-state index contributed by atoms with van der Waals surface area (Å²) in [7, 11) is 0. The van der Waals surface area contributed by atoms with E-state index in [1.54, 1.807) is 17.5 Å². The molecule has 2 N–H and O–H groups in total. The third kappa shape index (κ3) is 2.51. The molecule has 0 fully saturated rings. The molecular weight excluding hydrogens is 258 g/mol. The molecule has 2 aromatic heterocycles. The molecule has 5 heteroatoms. The first-order valence-corrected chi connectivity index (χ1v) is 6.81. The van der Waals surface area contributed by atoms with Crippen LogP contribution in [0.3, 0.4) is 0 Å². The van der Waals surface area contributed by atoms with Crippen molar-refractivity contribution in [2.24, 2.45) is 0 Å². The highest BCUT2D eigenvalue weighted by molar-refractivity contribution is 7.11. The zero-order valence-electron chi connectivity index (χ0n) is 10.4. The maximum atomic E-state index is 12.0. The number of rotatable bonds is 3. The summed E-state index contributed by atoms with van der Waals surface area (Å²) in [6, 6.07) is 9.62. The number of hydrogen-bond donors (Lipinski definition) is 2. The van der Waals surface area contributed by atoms with Crippen LogP contribution >= 0.6 is 11.3 Å². The monoisotopic (exact) mass is 271 g/mol. The summed E-state index contributed by atoms with van der Waals surface area (Å²) in [4.78, 5) is 14.5. The van der Waals surface area contributed by atoms with Gasteiger partial charge in [0.25, 0.3) is 5.91 Å². The maximum absolute atomic E-state index is 12.0. The average molecular weight is 271 g/mol. The Bertz CT molecular complexity index is 729. The Morgan fingerprint density at radius 2 is 2.26 bits per heavy atom. The number of amides is 1. The lowest BCUT2D eigenvalue weighted by atomic mass is 10.1. The first-order valence-electron chi connectivity index (χ1n) is 5.99. The fourth-order valence-electron chi connectivity index (χ4n) is 1.93. The zero-order valence-corrected chi connectivity index (χ0v) is 11.3. The van der Waals surface area contributed by atoms with E-state index in [0.29, 0.717) is 12.1 Å². The molecule has 0 atom stereocenters. The summed E-state index contributed by atoms with van der Waals surface area (Å²) in [6.07, 6.45) is 1.74. The second-order valence-corrected chi connectivity index (χ2v) is 5.74. The first-order chi connectivity index (χ1) is 9.22. The molecule has 1 amide bonds. The van der Waals surface area contributed by atoms with E-state index in [9.17, 15) is 4.79 Å². The summed E-state index contributed by atoms with van der Waals surface area (Å²) in [5.41, 5.74) is 1.52. The highest BCUT2D eigenvalue weighted by Crippen LogP contribution is 2.15. The number of benzene rings is 1. The summed E-state index contributed by atoms with van der Waals surface area (Å²) < 4.78 is 0. The van der Waals surface area contributed by atoms with Crippen molar-refractivity contribution in [1.29, 1.82) is 0 Å². The van der Waals surface area contributed by atoms with Crippen LogP contribution < -0.4 is 5.32 Å². The minimum atomic E-state index is -0.0671. The fourth-order valence-corrected chi connectivity index (χ4v) is 2.76. The van der Waals surface area contributed by atoms with Gasteiger partial charge in [0.1, 0.15) is 0 Å². The predicted molar refractivity (Wildman–Crippen MR) is 76.3 cm³/mol. The van der Waals surface area contributed by atoms with Gasteiger partial charge >= 0.3 is 0 Å². The second-order valence-electron chi connectivity index (χ2n) is 4.37. The van der Waals surface area contributed by atoms with E-state index in [2.05, 4.69) is 28.5 Å². The Kier molecular flexibility index (Phi) is 3.05. The van der Waals surface area contributed by atoms with Gasteiger partial charge in [-0.2, -0.15) is 5.10 Å². The maximum Gasteiger partial charge on any atom is 0.251 e. The molecular formula is C14H13N3OS. The molecule has 2 heterocycles. The van der Waals surface area contributed by atoms with Crippen molar-refractivity contribution in [3.63, 3.8) is 0 Å². The average Bonchev–Trinajstić information content (AvgIpc) is 3.03. The molecule has 0 bridgehead atoms. The molecule has 0 spiro atoms. The number of H-pyrrole nitrogens is 1. The number of nitrogens with one attached hydrogen (secondary N) is 2. The van der Waals surface area contributed by atoms with Crippen LogP contribution in [0.2, 0.25) is 0 Å². The number of hydrogen-bond acceptors (Lipinski definition) is 3. The molecule has 0 radical (unpaired) electrons. The molecule has 3 rings (SSSR count). The van der Waals surface area contributed by atoms with Crippen LogP contribution in [0, 0.1) is 6.92 Å². The molecule has 0 aliphatic carbocycles. The number of thiophene rings is 1. The fraction of sp³-hybridized carbons (Fsp3) is 0.143. The number of nitrogens with zero attached hydrogens (tertiary/aromatic N) is 1. The van der Waals surface area contributed by atoms with E-state index in [1.807, 2.05) is 24.3 Å². The minimum Gasteiger partial charge on any atom is -0.347 e. The number of aromatic amines is 1. The van der Waals surface area contributed by atoms with Crippen LogP contribution in [0.15, 0.2) is 36.5 Å². The summed E-state index contributed by atoms with van der Waals surface area (Å²) >= 11 is 1.70. The van der Waals surface area contributed by atoms with E-state index in [1.165, 1.54) is 4.88 Å². The number of carbonyl (C=O) groups excluding carboxylic acids is 1. The third-order valence-electron chi connectivity index (χ3n) is 2.92. The van der Waals surface area contributed by atoms with Gasteiger partial charge in [-0.15, -0.1) is 11.3 Å². The van der Waals surface area contributed by atoms with Crippen LogP contribution in [0.4, 0.5) is 0 Å². The molecule has 96 valence electrons. The number of aromatic nitrogens is 2. The smallest absolute Gasteiger partial charge is 0.251 e. The predicted octanol–water partition coefficient (Wildman–Crippen LogP) is 2.86.